The number of rotatable bonds is 5. The van der Waals surface area contributed by atoms with Crippen LogP contribution in [0.15, 0.2) is 30.5 Å². The highest BCUT2D eigenvalue weighted by Crippen LogP contribution is 2.21. The minimum atomic E-state index is -0.350. The van der Waals surface area contributed by atoms with Gasteiger partial charge < -0.3 is 10.2 Å². The molecule has 6 heteroatoms. The molecule has 0 saturated carbocycles. The molecule has 0 radical (unpaired) electrons. The molecule has 5 nitrogen and oxygen atoms in total. The minimum absolute atomic E-state index is 0.00570. The Morgan fingerprint density at radius 2 is 2.08 bits per heavy atom. The summed E-state index contributed by atoms with van der Waals surface area (Å²) in [4.78, 5) is 15.1. The number of para-hydroxylation sites is 1. The van der Waals surface area contributed by atoms with E-state index in [1.807, 2.05) is 11.8 Å². The van der Waals surface area contributed by atoms with Gasteiger partial charge in [-0.3, -0.25) is 4.79 Å². The molecule has 1 N–H and O–H groups in total. The highest BCUT2D eigenvalue weighted by atomic mass is 19.1. The van der Waals surface area contributed by atoms with E-state index >= 15 is 0 Å². The number of halogens is 1. The second-order valence-electron chi connectivity index (χ2n) is 6.49. The van der Waals surface area contributed by atoms with Crippen molar-refractivity contribution in [2.45, 2.75) is 39.2 Å². The minimum Gasteiger partial charge on any atom is -0.335 e. The van der Waals surface area contributed by atoms with Crippen LogP contribution < -0.4 is 5.32 Å². The quantitative estimate of drug-likeness (QED) is 0.907. The third-order valence-electron chi connectivity index (χ3n) is 4.80. The maximum atomic E-state index is 14.1. The molecule has 1 saturated heterocycles. The van der Waals surface area contributed by atoms with Crippen molar-refractivity contribution in [1.82, 2.24) is 20.0 Å². The Morgan fingerprint density at radius 1 is 1.36 bits per heavy atom. The van der Waals surface area contributed by atoms with Crippen molar-refractivity contribution in [3.8, 4) is 5.69 Å². The maximum absolute atomic E-state index is 14.1. The van der Waals surface area contributed by atoms with Crippen LogP contribution in [-0.2, 0) is 0 Å². The topological polar surface area (TPSA) is 50.2 Å². The van der Waals surface area contributed by atoms with Crippen LogP contribution >= 0.6 is 0 Å². The molecule has 0 unspecified atom stereocenters. The van der Waals surface area contributed by atoms with Crippen molar-refractivity contribution in [3.05, 3.63) is 47.5 Å². The summed E-state index contributed by atoms with van der Waals surface area (Å²) in [5, 5.41) is 7.61. The van der Waals surface area contributed by atoms with Crippen molar-refractivity contribution >= 4 is 5.91 Å². The van der Waals surface area contributed by atoms with Crippen LogP contribution in [-0.4, -0.2) is 46.3 Å². The average Bonchev–Trinajstić information content (AvgIpc) is 3.01. The van der Waals surface area contributed by atoms with Gasteiger partial charge in [-0.25, -0.2) is 9.07 Å². The summed E-state index contributed by atoms with van der Waals surface area (Å²) < 4.78 is 15.6. The van der Waals surface area contributed by atoms with E-state index in [-0.39, 0.29) is 17.8 Å². The van der Waals surface area contributed by atoms with Gasteiger partial charge in [-0.15, -0.1) is 0 Å². The molecule has 134 valence electrons. The van der Waals surface area contributed by atoms with Crippen molar-refractivity contribution in [2.75, 3.05) is 19.6 Å². The average molecular weight is 344 g/mol. The lowest BCUT2D eigenvalue weighted by Gasteiger charge is -2.34. The number of carbonyl (C=O) groups excluding carboxylic acids is 1. The maximum Gasteiger partial charge on any atom is 0.257 e. The standard InChI is InChI=1S/C19H25FN4O/c1-3-12-23(15-8-10-21-11-9-15)19(25)16-13-22-24(14(16)2)18-7-5-4-6-17(18)20/h4-7,13,15,21H,3,8-12H2,1-2H3. The van der Waals surface area contributed by atoms with Crippen LogP contribution in [0, 0.1) is 12.7 Å². The molecule has 0 bridgehead atoms. The van der Waals surface area contributed by atoms with Crippen LogP contribution in [0.2, 0.25) is 0 Å². The first kappa shape index (κ1) is 17.6. The lowest BCUT2D eigenvalue weighted by molar-refractivity contribution is 0.0642. The van der Waals surface area contributed by atoms with Gasteiger partial charge in [-0.2, -0.15) is 5.10 Å². The molecule has 25 heavy (non-hydrogen) atoms. The summed E-state index contributed by atoms with van der Waals surface area (Å²) in [6.07, 6.45) is 4.41. The van der Waals surface area contributed by atoms with Crippen LogP contribution in [0.4, 0.5) is 4.39 Å². The van der Waals surface area contributed by atoms with Gasteiger partial charge in [0, 0.05) is 12.6 Å². The van der Waals surface area contributed by atoms with Crippen LogP contribution in [0.3, 0.4) is 0 Å². The van der Waals surface area contributed by atoms with Crippen LogP contribution in [0.1, 0.15) is 42.2 Å². The number of nitrogens with one attached hydrogen (secondary N) is 1. The number of nitrogens with zero attached hydrogens (tertiary/aromatic N) is 3. The zero-order chi connectivity index (χ0) is 17.8. The number of aromatic nitrogens is 2. The Labute approximate surface area is 147 Å². The molecule has 1 aliphatic rings. The number of carbonyl (C=O) groups is 1. The van der Waals surface area contributed by atoms with Crippen LogP contribution in [0.5, 0.6) is 0 Å². The van der Waals surface area contributed by atoms with Gasteiger partial charge in [0.05, 0.1) is 17.5 Å². The zero-order valence-electron chi connectivity index (χ0n) is 14.8. The predicted molar refractivity (Wildman–Crippen MR) is 95.5 cm³/mol. The molecule has 1 aliphatic heterocycles. The Hall–Kier alpha value is -2.21. The van der Waals surface area contributed by atoms with Crippen molar-refractivity contribution in [2.24, 2.45) is 0 Å². The normalized spacial score (nSPS) is 15.3. The van der Waals surface area contributed by atoms with Gasteiger partial charge in [0.2, 0.25) is 0 Å². The van der Waals surface area contributed by atoms with Crippen molar-refractivity contribution in [1.29, 1.82) is 0 Å². The first-order valence-electron chi connectivity index (χ1n) is 8.94. The molecule has 1 amide bonds. The van der Waals surface area contributed by atoms with Crippen LogP contribution in [0.25, 0.3) is 5.69 Å². The third-order valence-corrected chi connectivity index (χ3v) is 4.80. The zero-order valence-corrected chi connectivity index (χ0v) is 14.8. The lowest BCUT2D eigenvalue weighted by atomic mass is 10.0. The van der Waals surface area contributed by atoms with E-state index in [0.29, 0.717) is 16.9 Å². The Bertz CT molecular complexity index is 737. The summed E-state index contributed by atoms with van der Waals surface area (Å²) in [7, 11) is 0. The second kappa shape index (κ2) is 7.78. The number of hydrogen-bond acceptors (Lipinski definition) is 3. The summed E-state index contributed by atoms with van der Waals surface area (Å²) in [6.45, 7) is 6.50. The largest absolute Gasteiger partial charge is 0.335 e. The SMILES string of the molecule is CCCN(C(=O)c1cnn(-c2ccccc2F)c1C)C1CCNCC1. The molecule has 3 rings (SSSR count). The fourth-order valence-corrected chi connectivity index (χ4v) is 3.45. The van der Waals surface area contributed by atoms with Gasteiger partial charge in [-0.1, -0.05) is 19.1 Å². The van der Waals surface area contributed by atoms with Crippen molar-refractivity contribution < 1.29 is 9.18 Å². The number of amides is 1. The highest BCUT2D eigenvalue weighted by molar-refractivity contribution is 5.95. The first-order chi connectivity index (χ1) is 12.1. The molecule has 0 aliphatic carbocycles. The van der Waals surface area contributed by atoms with E-state index in [1.54, 1.807) is 24.4 Å². The van der Waals surface area contributed by atoms with Gasteiger partial charge >= 0.3 is 0 Å². The fourth-order valence-electron chi connectivity index (χ4n) is 3.45. The molecule has 0 atom stereocenters. The van der Waals surface area contributed by atoms with E-state index in [2.05, 4.69) is 17.3 Å². The highest BCUT2D eigenvalue weighted by Gasteiger charge is 2.28. The number of hydrogen-bond donors (Lipinski definition) is 1. The van der Waals surface area contributed by atoms with Gasteiger partial charge in [0.15, 0.2) is 0 Å². The molecule has 1 fully saturated rings. The van der Waals surface area contributed by atoms with E-state index in [4.69, 9.17) is 0 Å². The first-order valence-corrected chi connectivity index (χ1v) is 8.94. The number of benzene rings is 1. The summed E-state index contributed by atoms with van der Waals surface area (Å²) in [6, 6.07) is 6.73. The molecule has 0 spiro atoms. The molecular weight excluding hydrogens is 319 g/mol. The van der Waals surface area contributed by atoms with E-state index in [9.17, 15) is 9.18 Å². The number of piperidine rings is 1. The Balaban J connectivity index is 1.90. The molecule has 2 heterocycles. The fraction of sp³-hybridized carbons (Fsp3) is 0.474. The lowest BCUT2D eigenvalue weighted by Crippen LogP contribution is -2.46. The van der Waals surface area contributed by atoms with E-state index in [1.165, 1.54) is 10.7 Å². The summed E-state index contributed by atoms with van der Waals surface area (Å²) in [5.74, 6) is -0.356. The van der Waals surface area contributed by atoms with Gasteiger partial charge in [0.1, 0.15) is 11.5 Å². The molecule has 2 aromatic rings. The second-order valence-corrected chi connectivity index (χ2v) is 6.49. The predicted octanol–water partition coefficient (Wildman–Crippen LogP) is 2.92. The smallest absolute Gasteiger partial charge is 0.257 e. The van der Waals surface area contributed by atoms with Gasteiger partial charge in [-0.05, 0) is 51.4 Å². The molecule has 1 aromatic heterocycles. The Morgan fingerprint density at radius 3 is 2.76 bits per heavy atom. The molecule has 1 aromatic carbocycles. The van der Waals surface area contributed by atoms with Gasteiger partial charge in [0.25, 0.3) is 5.91 Å². The molecular formula is C19H25FN4O. The van der Waals surface area contributed by atoms with E-state index in [0.717, 1.165) is 38.9 Å². The third kappa shape index (κ3) is 3.58. The summed E-state index contributed by atoms with van der Waals surface area (Å²) >= 11 is 0. The monoisotopic (exact) mass is 344 g/mol. The summed E-state index contributed by atoms with van der Waals surface area (Å²) in [5.41, 5.74) is 1.59. The van der Waals surface area contributed by atoms with E-state index < -0.39 is 0 Å². The van der Waals surface area contributed by atoms with Crippen molar-refractivity contribution in [3.63, 3.8) is 0 Å². The Kier molecular flexibility index (Phi) is 5.48.